The summed E-state index contributed by atoms with van der Waals surface area (Å²) in [5.41, 5.74) is 2.99. The van der Waals surface area contributed by atoms with Crippen LogP contribution >= 0.6 is 0 Å². The molecule has 0 aliphatic heterocycles. The lowest BCUT2D eigenvalue weighted by Gasteiger charge is -2.19. The van der Waals surface area contributed by atoms with Gasteiger partial charge >= 0.3 is 5.97 Å². The highest BCUT2D eigenvalue weighted by Crippen LogP contribution is 2.29. The van der Waals surface area contributed by atoms with Gasteiger partial charge in [-0.25, -0.2) is 4.79 Å². The summed E-state index contributed by atoms with van der Waals surface area (Å²) in [5, 5.41) is 10.1. The molecule has 0 aliphatic carbocycles. The minimum Gasteiger partial charge on any atom is -0.478 e. The van der Waals surface area contributed by atoms with Crippen LogP contribution in [0.3, 0.4) is 0 Å². The molecule has 0 saturated carbocycles. The van der Waals surface area contributed by atoms with Gasteiger partial charge in [-0.15, -0.1) is 0 Å². The fourth-order valence-corrected chi connectivity index (χ4v) is 3.19. The van der Waals surface area contributed by atoms with E-state index in [1.165, 1.54) is 49.1 Å². The fourth-order valence-electron chi connectivity index (χ4n) is 3.19. The molecule has 3 heteroatoms. The van der Waals surface area contributed by atoms with E-state index in [0.717, 1.165) is 11.1 Å². The van der Waals surface area contributed by atoms with E-state index in [0.29, 0.717) is 6.04 Å². The first-order valence-corrected chi connectivity index (χ1v) is 8.59. The molecular weight excluding hydrogens is 286 g/mol. The van der Waals surface area contributed by atoms with E-state index >= 15 is 0 Å². The Morgan fingerprint density at radius 2 is 2.00 bits per heavy atom. The maximum atomic E-state index is 10.8. The number of rotatable bonds is 8. The lowest BCUT2D eigenvalue weighted by atomic mass is 10.0. The SMILES string of the molecule is CCCCC(CCC)n1ccc2cc(C(C)=CC(=O)O)ccc21. The van der Waals surface area contributed by atoms with Crippen LogP contribution < -0.4 is 0 Å². The van der Waals surface area contributed by atoms with Gasteiger partial charge in [0.1, 0.15) is 0 Å². The van der Waals surface area contributed by atoms with E-state index in [1.807, 2.05) is 13.0 Å². The first-order chi connectivity index (χ1) is 11.1. The number of hydrogen-bond acceptors (Lipinski definition) is 1. The average molecular weight is 313 g/mol. The number of carboxylic acids is 1. The van der Waals surface area contributed by atoms with Gasteiger partial charge in [0.15, 0.2) is 0 Å². The first-order valence-electron chi connectivity index (χ1n) is 8.59. The van der Waals surface area contributed by atoms with Gasteiger partial charge in [-0.1, -0.05) is 39.2 Å². The Bertz CT molecular complexity index is 697. The van der Waals surface area contributed by atoms with Crippen molar-refractivity contribution in [2.24, 2.45) is 0 Å². The minimum absolute atomic E-state index is 0.555. The number of fused-ring (bicyclic) bond motifs is 1. The summed E-state index contributed by atoms with van der Waals surface area (Å²) in [5.74, 6) is -0.900. The van der Waals surface area contributed by atoms with Gasteiger partial charge in [-0.05, 0) is 49.1 Å². The van der Waals surface area contributed by atoms with Crippen molar-refractivity contribution >= 4 is 22.4 Å². The van der Waals surface area contributed by atoms with Crippen molar-refractivity contribution in [3.05, 3.63) is 42.1 Å². The number of nitrogens with zero attached hydrogens (tertiary/aromatic N) is 1. The first kappa shape index (κ1) is 17.3. The number of aromatic nitrogens is 1. The summed E-state index contributed by atoms with van der Waals surface area (Å²) >= 11 is 0. The zero-order valence-electron chi connectivity index (χ0n) is 14.4. The monoisotopic (exact) mass is 313 g/mol. The number of carboxylic acid groups (broad SMARTS) is 1. The Kier molecular flexibility index (Phi) is 6.03. The van der Waals surface area contributed by atoms with Crippen LogP contribution in [0.5, 0.6) is 0 Å². The quantitative estimate of drug-likeness (QED) is 0.639. The molecule has 124 valence electrons. The Morgan fingerprint density at radius 3 is 2.65 bits per heavy atom. The molecule has 23 heavy (non-hydrogen) atoms. The zero-order chi connectivity index (χ0) is 16.8. The van der Waals surface area contributed by atoms with Crippen molar-refractivity contribution < 1.29 is 9.90 Å². The number of hydrogen-bond donors (Lipinski definition) is 1. The second kappa shape index (κ2) is 8.00. The van der Waals surface area contributed by atoms with E-state index in [1.54, 1.807) is 0 Å². The molecule has 1 heterocycles. The van der Waals surface area contributed by atoms with Crippen molar-refractivity contribution in [2.45, 2.75) is 58.9 Å². The van der Waals surface area contributed by atoms with E-state index < -0.39 is 5.97 Å². The second-order valence-corrected chi connectivity index (χ2v) is 6.25. The van der Waals surface area contributed by atoms with E-state index in [9.17, 15) is 4.79 Å². The highest BCUT2D eigenvalue weighted by atomic mass is 16.4. The third kappa shape index (κ3) is 4.25. The van der Waals surface area contributed by atoms with Crippen LogP contribution in [0.1, 0.15) is 64.5 Å². The van der Waals surface area contributed by atoms with Crippen LogP contribution in [0.2, 0.25) is 0 Å². The maximum Gasteiger partial charge on any atom is 0.328 e. The van der Waals surface area contributed by atoms with E-state index in [4.69, 9.17) is 5.11 Å². The number of benzene rings is 1. The van der Waals surface area contributed by atoms with Crippen molar-refractivity contribution in [1.82, 2.24) is 4.57 Å². The van der Waals surface area contributed by atoms with Crippen LogP contribution in [-0.2, 0) is 4.79 Å². The van der Waals surface area contributed by atoms with Crippen molar-refractivity contribution in [1.29, 1.82) is 0 Å². The number of carbonyl (C=O) groups is 1. The standard InChI is InChI=1S/C20H27NO2/c1-4-6-8-18(7-5-2)21-12-11-17-14-16(9-10-19(17)21)15(3)13-20(22)23/h9-14,18H,4-8H2,1-3H3,(H,22,23). The molecule has 1 atom stereocenters. The number of aliphatic carboxylic acids is 1. The maximum absolute atomic E-state index is 10.8. The molecular formula is C20H27NO2. The lowest BCUT2D eigenvalue weighted by molar-refractivity contribution is -0.131. The third-order valence-electron chi connectivity index (χ3n) is 4.42. The predicted octanol–water partition coefficient (Wildman–Crippen LogP) is 5.66. The van der Waals surface area contributed by atoms with Crippen molar-refractivity contribution in [3.8, 4) is 0 Å². The van der Waals surface area contributed by atoms with Crippen LogP contribution in [0, 0.1) is 0 Å². The molecule has 0 fully saturated rings. The number of unbranched alkanes of at least 4 members (excludes halogenated alkanes) is 1. The molecule has 0 radical (unpaired) electrons. The minimum atomic E-state index is -0.900. The van der Waals surface area contributed by atoms with Crippen LogP contribution in [-0.4, -0.2) is 15.6 Å². The van der Waals surface area contributed by atoms with Crippen LogP contribution in [0.25, 0.3) is 16.5 Å². The number of allylic oxidation sites excluding steroid dienone is 1. The summed E-state index contributed by atoms with van der Waals surface area (Å²) < 4.78 is 2.40. The summed E-state index contributed by atoms with van der Waals surface area (Å²) in [7, 11) is 0. The van der Waals surface area contributed by atoms with Gasteiger partial charge < -0.3 is 9.67 Å². The van der Waals surface area contributed by atoms with Crippen molar-refractivity contribution in [3.63, 3.8) is 0 Å². The lowest BCUT2D eigenvalue weighted by Crippen LogP contribution is -2.07. The predicted molar refractivity (Wildman–Crippen MR) is 96.7 cm³/mol. The summed E-state index contributed by atoms with van der Waals surface area (Å²) in [6, 6.07) is 8.93. The Labute approximate surface area is 138 Å². The smallest absolute Gasteiger partial charge is 0.328 e. The molecule has 1 unspecified atom stereocenters. The molecule has 0 bridgehead atoms. The highest BCUT2D eigenvalue weighted by molar-refractivity contribution is 5.91. The van der Waals surface area contributed by atoms with Gasteiger partial charge in [0, 0.05) is 29.2 Å². The molecule has 0 aliphatic rings. The zero-order valence-corrected chi connectivity index (χ0v) is 14.4. The molecule has 3 nitrogen and oxygen atoms in total. The highest BCUT2D eigenvalue weighted by Gasteiger charge is 2.12. The van der Waals surface area contributed by atoms with E-state index in [-0.39, 0.29) is 0 Å². The van der Waals surface area contributed by atoms with Gasteiger partial charge in [0.05, 0.1) is 0 Å². The Hall–Kier alpha value is -2.03. The molecule has 1 N–H and O–H groups in total. The van der Waals surface area contributed by atoms with Gasteiger partial charge in [-0.2, -0.15) is 0 Å². The Balaban J connectivity index is 2.35. The topological polar surface area (TPSA) is 42.2 Å². The largest absolute Gasteiger partial charge is 0.478 e. The van der Waals surface area contributed by atoms with Crippen LogP contribution in [0.15, 0.2) is 36.5 Å². The molecule has 2 aromatic rings. The summed E-state index contributed by atoms with van der Waals surface area (Å²) in [6.07, 6.45) is 9.52. The second-order valence-electron chi connectivity index (χ2n) is 6.25. The van der Waals surface area contributed by atoms with Crippen molar-refractivity contribution in [2.75, 3.05) is 0 Å². The normalized spacial score (nSPS) is 13.4. The fraction of sp³-hybridized carbons (Fsp3) is 0.450. The summed E-state index contributed by atoms with van der Waals surface area (Å²) in [6.45, 7) is 6.32. The molecule has 0 spiro atoms. The van der Waals surface area contributed by atoms with E-state index in [2.05, 4.69) is 42.8 Å². The van der Waals surface area contributed by atoms with Gasteiger partial charge in [-0.3, -0.25) is 0 Å². The molecule has 1 aromatic carbocycles. The van der Waals surface area contributed by atoms with Gasteiger partial charge in [0.2, 0.25) is 0 Å². The van der Waals surface area contributed by atoms with Gasteiger partial charge in [0.25, 0.3) is 0 Å². The molecule has 0 amide bonds. The Morgan fingerprint density at radius 1 is 1.22 bits per heavy atom. The summed E-state index contributed by atoms with van der Waals surface area (Å²) in [4.78, 5) is 10.8. The molecule has 2 rings (SSSR count). The third-order valence-corrected chi connectivity index (χ3v) is 4.42. The molecule has 0 saturated heterocycles. The molecule has 1 aromatic heterocycles. The van der Waals surface area contributed by atoms with Crippen LogP contribution in [0.4, 0.5) is 0 Å². The average Bonchev–Trinajstić information content (AvgIpc) is 2.93.